The molecule has 0 saturated heterocycles. The molecule has 254 valence electrons. The molecule has 0 spiro atoms. The third kappa shape index (κ3) is 9.45. The van der Waals surface area contributed by atoms with Gasteiger partial charge in [0.25, 0.3) is 5.91 Å². The first-order valence-corrected chi connectivity index (χ1v) is 17.5. The molecule has 5 rings (SSSR count). The number of aliphatic hydroxyl groups excluding tert-OH is 5. The Balaban J connectivity index is 1.08. The van der Waals surface area contributed by atoms with Crippen molar-refractivity contribution in [1.82, 2.24) is 10.3 Å². The van der Waals surface area contributed by atoms with E-state index in [-0.39, 0.29) is 6.54 Å². The molecular formula is C35H43ClN2O8S. The molecule has 6 N–H and O–H groups in total. The molecule has 47 heavy (non-hydrogen) atoms. The summed E-state index contributed by atoms with van der Waals surface area (Å²) in [5.41, 5.74) is 3.69. The second-order valence-corrected chi connectivity index (χ2v) is 13.7. The standard InChI is InChI=1S/C35H43ClN2O8S/c36-28-11-10-24(47-17-5-1-4-15-38-34(44)33(43)32(42)31(41)29(40)20-39)18-22(28)21-45-35(13-14-35)27-19-37-16-12-25(27)26-6-2-3-7-30(26)46-23-8-9-23/h2-3,6-7,10-12,16,18-19,23,29,31-33,39-43H,1,4-5,8-9,13-15,17,20-21H2,(H,38,44). The van der Waals surface area contributed by atoms with Crippen LogP contribution in [0.1, 0.15) is 56.1 Å². The number of halogens is 1. The average Bonchev–Trinajstić information content (AvgIpc) is 4.04. The molecule has 12 heteroatoms. The van der Waals surface area contributed by atoms with Crippen LogP contribution in [-0.4, -0.2) is 85.8 Å². The monoisotopic (exact) mass is 686 g/mol. The fourth-order valence-corrected chi connectivity index (χ4v) is 6.46. The highest BCUT2D eigenvalue weighted by atomic mass is 35.5. The molecule has 2 aliphatic carbocycles. The van der Waals surface area contributed by atoms with Crippen molar-refractivity contribution in [3.05, 3.63) is 77.1 Å². The molecule has 10 nitrogen and oxygen atoms in total. The van der Waals surface area contributed by atoms with Gasteiger partial charge in [-0.15, -0.1) is 11.8 Å². The number of aromatic nitrogens is 1. The van der Waals surface area contributed by atoms with Crippen LogP contribution in [0, 0.1) is 0 Å². The first-order chi connectivity index (χ1) is 22.7. The van der Waals surface area contributed by atoms with Gasteiger partial charge in [0.15, 0.2) is 6.10 Å². The van der Waals surface area contributed by atoms with Crippen molar-refractivity contribution in [2.24, 2.45) is 0 Å². The summed E-state index contributed by atoms with van der Waals surface area (Å²) >= 11 is 8.31. The largest absolute Gasteiger partial charge is 0.490 e. The van der Waals surface area contributed by atoms with Gasteiger partial charge in [0.1, 0.15) is 24.1 Å². The summed E-state index contributed by atoms with van der Waals surface area (Å²) in [6.45, 7) is -0.151. The minimum atomic E-state index is -1.92. The Morgan fingerprint density at radius 1 is 1.02 bits per heavy atom. The topological polar surface area (TPSA) is 162 Å². The van der Waals surface area contributed by atoms with Crippen LogP contribution in [0.15, 0.2) is 65.8 Å². The number of rotatable bonds is 19. The number of carbonyl (C=O) groups excluding carboxylic acids is 1. The SMILES string of the molecule is O=C(NCCCCCSc1ccc(Cl)c(COC2(c3cnccc3-c3ccccc3OC3CC3)CC2)c1)C(O)C(O)C(O)C(O)CO. The van der Waals surface area contributed by atoms with Gasteiger partial charge >= 0.3 is 0 Å². The maximum atomic E-state index is 12.1. The van der Waals surface area contributed by atoms with Crippen LogP contribution in [0.2, 0.25) is 5.02 Å². The fourth-order valence-electron chi connectivity index (χ4n) is 5.31. The van der Waals surface area contributed by atoms with Crippen molar-refractivity contribution < 1.29 is 39.8 Å². The second-order valence-electron chi connectivity index (χ2n) is 12.1. The smallest absolute Gasteiger partial charge is 0.251 e. The maximum absolute atomic E-state index is 12.1. The molecule has 0 aliphatic heterocycles. The Morgan fingerprint density at radius 2 is 1.81 bits per heavy atom. The molecular weight excluding hydrogens is 644 g/mol. The molecule has 0 bridgehead atoms. The van der Waals surface area contributed by atoms with E-state index in [1.807, 2.05) is 48.8 Å². The van der Waals surface area contributed by atoms with Crippen LogP contribution in [0.5, 0.6) is 5.75 Å². The number of ether oxygens (including phenoxy) is 2. The quantitative estimate of drug-likeness (QED) is 0.0804. The molecule has 2 fully saturated rings. The van der Waals surface area contributed by atoms with E-state index in [0.29, 0.717) is 24.2 Å². The number of hydrogen-bond donors (Lipinski definition) is 6. The van der Waals surface area contributed by atoms with E-state index in [9.17, 15) is 25.2 Å². The Hall–Kier alpha value is -2.74. The first kappa shape index (κ1) is 35.6. The highest BCUT2D eigenvalue weighted by Crippen LogP contribution is 2.53. The van der Waals surface area contributed by atoms with Crippen LogP contribution >= 0.6 is 23.4 Å². The van der Waals surface area contributed by atoms with Gasteiger partial charge in [-0.1, -0.05) is 36.2 Å². The Morgan fingerprint density at radius 3 is 2.55 bits per heavy atom. The van der Waals surface area contributed by atoms with Crippen molar-refractivity contribution in [1.29, 1.82) is 0 Å². The summed E-state index contributed by atoms with van der Waals surface area (Å²) in [6.07, 6.45) is 3.04. The van der Waals surface area contributed by atoms with Crippen LogP contribution < -0.4 is 10.1 Å². The zero-order chi connectivity index (χ0) is 33.4. The predicted molar refractivity (Wildman–Crippen MR) is 179 cm³/mol. The lowest BCUT2D eigenvalue weighted by molar-refractivity contribution is -0.148. The van der Waals surface area contributed by atoms with E-state index in [1.54, 1.807) is 11.8 Å². The number of hydrogen-bond acceptors (Lipinski definition) is 10. The Labute approximate surface area is 284 Å². The van der Waals surface area contributed by atoms with Gasteiger partial charge in [0.05, 0.1) is 24.9 Å². The molecule has 1 aromatic heterocycles. The van der Waals surface area contributed by atoms with Crippen LogP contribution in [0.25, 0.3) is 11.1 Å². The highest BCUT2D eigenvalue weighted by Gasteiger charge is 2.48. The summed E-state index contributed by atoms with van der Waals surface area (Å²) in [5, 5.41) is 50.8. The van der Waals surface area contributed by atoms with E-state index in [0.717, 1.165) is 77.2 Å². The number of nitrogens with zero attached hydrogens (tertiary/aromatic N) is 1. The van der Waals surface area contributed by atoms with Crippen molar-refractivity contribution >= 4 is 29.3 Å². The van der Waals surface area contributed by atoms with E-state index >= 15 is 0 Å². The van der Waals surface area contributed by atoms with Crippen molar-refractivity contribution in [2.45, 2.75) is 92.6 Å². The predicted octanol–water partition coefficient (Wildman–Crippen LogP) is 3.96. The van der Waals surface area contributed by atoms with Gasteiger partial charge in [0, 0.05) is 40.0 Å². The summed E-state index contributed by atoms with van der Waals surface area (Å²) in [7, 11) is 0. The highest BCUT2D eigenvalue weighted by molar-refractivity contribution is 7.99. The van der Waals surface area contributed by atoms with Gasteiger partial charge in [-0.05, 0) is 85.7 Å². The molecule has 4 unspecified atom stereocenters. The summed E-state index contributed by atoms with van der Waals surface area (Å²) < 4.78 is 12.8. The Bertz CT molecular complexity index is 1490. The van der Waals surface area contributed by atoms with Gasteiger partial charge in [-0.3, -0.25) is 9.78 Å². The van der Waals surface area contributed by atoms with Crippen molar-refractivity contribution in [2.75, 3.05) is 18.9 Å². The van der Waals surface area contributed by atoms with E-state index < -0.39 is 42.5 Å². The maximum Gasteiger partial charge on any atom is 0.251 e. The summed E-state index contributed by atoms with van der Waals surface area (Å²) in [5.74, 6) is 0.891. The molecule has 1 heterocycles. The zero-order valence-electron chi connectivity index (χ0n) is 26.1. The summed E-state index contributed by atoms with van der Waals surface area (Å²) in [4.78, 5) is 17.6. The van der Waals surface area contributed by atoms with E-state index in [1.165, 1.54) is 0 Å². The first-order valence-electron chi connectivity index (χ1n) is 16.1. The number of amides is 1. The lowest BCUT2D eigenvalue weighted by Crippen LogP contribution is -2.51. The van der Waals surface area contributed by atoms with Gasteiger partial charge in [-0.2, -0.15) is 0 Å². The van der Waals surface area contributed by atoms with E-state index in [2.05, 4.69) is 22.4 Å². The number of nitrogens with one attached hydrogen (secondary N) is 1. The van der Waals surface area contributed by atoms with Gasteiger partial charge in [-0.25, -0.2) is 0 Å². The molecule has 0 radical (unpaired) electrons. The van der Waals surface area contributed by atoms with Crippen LogP contribution in [0.4, 0.5) is 0 Å². The minimum Gasteiger partial charge on any atom is -0.490 e. The summed E-state index contributed by atoms with van der Waals surface area (Å²) in [6, 6.07) is 16.2. The lowest BCUT2D eigenvalue weighted by Gasteiger charge is -2.24. The lowest BCUT2D eigenvalue weighted by atomic mass is 9.96. The molecule has 1 amide bonds. The normalized spacial score (nSPS) is 17.8. The minimum absolute atomic E-state index is 0.286. The second kappa shape index (κ2) is 16.6. The number of aliphatic hydroxyl groups is 5. The Kier molecular flexibility index (Phi) is 12.5. The van der Waals surface area contributed by atoms with Gasteiger partial charge < -0.3 is 40.3 Å². The molecule has 2 saturated carbocycles. The third-order valence-electron chi connectivity index (χ3n) is 8.44. The number of carbonyl (C=O) groups is 1. The molecule has 2 aliphatic rings. The van der Waals surface area contributed by atoms with Crippen molar-refractivity contribution in [3.63, 3.8) is 0 Å². The molecule has 2 aromatic carbocycles. The number of benzene rings is 2. The number of thioether (sulfide) groups is 1. The number of para-hydroxylation sites is 1. The number of unbranched alkanes of at least 4 members (excludes halogenated alkanes) is 2. The molecule has 3 aromatic rings. The molecule has 4 atom stereocenters. The van der Waals surface area contributed by atoms with Gasteiger partial charge in [0.2, 0.25) is 0 Å². The average molecular weight is 687 g/mol. The zero-order valence-corrected chi connectivity index (χ0v) is 27.7. The number of pyridine rings is 1. The fraction of sp³-hybridized carbons (Fsp3) is 0.486. The third-order valence-corrected chi connectivity index (χ3v) is 9.89. The van der Waals surface area contributed by atoms with Crippen LogP contribution in [-0.2, 0) is 21.7 Å². The van der Waals surface area contributed by atoms with E-state index in [4.69, 9.17) is 26.2 Å². The van der Waals surface area contributed by atoms with Crippen molar-refractivity contribution in [3.8, 4) is 16.9 Å². The van der Waals surface area contributed by atoms with Crippen LogP contribution in [0.3, 0.4) is 0 Å².